The van der Waals surface area contributed by atoms with E-state index in [-0.39, 0.29) is 11.5 Å². The lowest BCUT2D eigenvalue weighted by molar-refractivity contribution is 0.379. The molecule has 1 N–H and O–H groups in total. The van der Waals surface area contributed by atoms with Gasteiger partial charge in [0.05, 0.1) is 18.8 Å². The normalized spacial score (nSPS) is 11.4. The highest BCUT2D eigenvalue weighted by Crippen LogP contribution is 2.28. The Morgan fingerprint density at radius 3 is 2.53 bits per heavy atom. The smallest absolute Gasteiger partial charge is 0.318 e. The van der Waals surface area contributed by atoms with E-state index in [9.17, 15) is 0 Å². The molecular weight excluding hydrogens is 261 g/mol. The minimum atomic E-state index is -0.204. The van der Waals surface area contributed by atoms with Crippen LogP contribution >= 0.6 is 23.2 Å². The van der Waals surface area contributed by atoms with Crippen molar-refractivity contribution in [3.8, 4) is 6.01 Å². The van der Waals surface area contributed by atoms with Gasteiger partial charge in [0.25, 0.3) is 0 Å². The lowest BCUT2D eigenvalue weighted by Gasteiger charge is -2.31. The van der Waals surface area contributed by atoms with E-state index in [1.165, 1.54) is 13.3 Å². The first kappa shape index (κ1) is 14.3. The molecule has 0 aliphatic carbocycles. The summed E-state index contributed by atoms with van der Waals surface area (Å²) in [7, 11) is 1.52. The topological polar surface area (TPSA) is 47.0 Å². The Labute approximate surface area is 112 Å². The van der Waals surface area contributed by atoms with E-state index in [4.69, 9.17) is 27.9 Å². The molecule has 1 aromatic heterocycles. The van der Waals surface area contributed by atoms with Crippen molar-refractivity contribution in [3.05, 3.63) is 11.2 Å². The molecule has 0 aliphatic rings. The predicted octanol–water partition coefficient (Wildman–Crippen LogP) is 3.35. The van der Waals surface area contributed by atoms with E-state index in [0.717, 1.165) is 12.8 Å². The number of anilines is 1. The van der Waals surface area contributed by atoms with Gasteiger partial charge in [0.1, 0.15) is 5.02 Å². The third kappa shape index (κ3) is 3.36. The van der Waals surface area contributed by atoms with Gasteiger partial charge < -0.3 is 10.1 Å². The number of methoxy groups -OCH3 is 1. The van der Waals surface area contributed by atoms with Gasteiger partial charge in [-0.1, -0.05) is 25.4 Å². The highest BCUT2D eigenvalue weighted by molar-refractivity contribution is 6.32. The SMILES string of the molecule is CCC(CC)(CCl)Nc1nc(OC)ncc1Cl. The quantitative estimate of drug-likeness (QED) is 0.811. The van der Waals surface area contributed by atoms with Crippen molar-refractivity contribution in [1.29, 1.82) is 0 Å². The molecule has 0 bridgehead atoms. The van der Waals surface area contributed by atoms with E-state index in [1.807, 2.05) is 0 Å². The van der Waals surface area contributed by atoms with Crippen molar-refractivity contribution in [2.45, 2.75) is 32.2 Å². The van der Waals surface area contributed by atoms with Crippen LogP contribution < -0.4 is 10.1 Å². The first-order valence-electron chi connectivity index (χ1n) is 5.51. The van der Waals surface area contributed by atoms with Crippen molar-refractivity contribution in [3.63, 3.8) is 0 Å². The number of hydrogen-bond donors (Lipinski definition) is 1. The minimum Gasteiger partial charge on any atom is -0.467 e. The first-order valence-corrected chi connectivity index (χ1v) is 6.42. The second-order valence-electron chi connectivity index (χ2n) is 3.80. The van der Waals surface area contributed by atoms with Crippen LogP contribution in [0, 0.1) is 0 Å². The third-order valence-electron chi connectivity index (χ3n) is 2.90. The number of ether oxygens (including phenoxy) is 1. The highest BCUT2D eigenvalue weighted by atomic mass is 35.5. The molecule has 0 saturated carbocycles. The van der Waals surface area contributed by atoms with Gasteiger partial charge in [-0.05, 0) is 12.8 Å². The summed E-state index contributed by atoms with van der Waals surface area (Å²) < 4.78 is 4.97. The van der Waals surface area contributed by atoms with Crippen molar-refractivity contribution in [2.75, 3.05) is 18.3 Å². The number of halogens is 2. The predicted molar refractivity (Wildman–Crippen MR) is 71.2 cm³/mol. The highest BCUT2D eigenvalue weighted by Gasteiger charge is 2.26. The van der Waals surface area contributed by atoms with Gasteiger partial charge in [-0.2, -0.15) is 4.98 Å². The zero-order valence-corrected chi connectivity index (χ0v) is 11.8. The standard InChI is InChI=1S/C11H17Cl2N3O/c1-4-11(5-2,7-12)16-9-8(13)6-14-10(15-9)17-3/h6H,4-5,7H2,1-3H3,(H,14,15,16). The van der Waals surface area contributed by atoms with Crippen LogP contribution in [0.15, 0.2) is 6.20 Å². The second-order valence-corrected chi connectivity index (χ2v) is 4.47. The second kappa shape index (κ2) is 6.26. The number of alkyl halides is 1. The average Bonchev–Trinajstić information content (AvgIpc) is 2.38. The summed E-state index contributed by atoms with van der Waals surface area (Å²) in [6.45, 7) is 4.15. The van der Waals surface area contributed by atoms with Crippen LogP contribution in [0.2, 0.25) is 5.02 Å². The molecule has 0 fully saturated rings. The van der Waals surface area contributed by atoms with E-state index >= 15 is 0 Å². The maximum atomic E-state index is 6.04. The molecule has 0 saturated heterocycles. The Kier molecular flexibility index (Phi) is 5.28. The summed E-state index contributed by atoms with van der Waals surface area (Å²) >= 11 is 12.1. The lowest BCUT2D eigenvalue weighted by atomic mass is 9.95. The van der Waals surface area contributed by atoms with Crippen LogP contribution in [-0.4, -0.2) is 28.5 Å². The number of rotatable bonds is 6. The molecule has 1 rings (SSSR count). The fourth-order valence-corrected chi connectivity index (χ4v) is 2.02. The molecule has 0 spiro atoms. The minimum absolute atomic E-state index is 0.204. The van der Waals surface area contributed by atoms with E-state index in [1.54, 1.807) is 0 Å². The van der Waals surface area contributed by atoms with E-state index < -0.39 is 0 Å². The zero-order valence-electron chi connectivity index (χ0n) is 10.3. The molecule has 0 aliphatic heterocycles. The maximum Gasteiger partial charge on any atom is 0.318 e. The Bertz CT molecular complexity index is 361. The van der Waals surface area contributed by atoms with Gasteiger partial charge in [-0.15, -0.1) is 11.6 Å². The van der Waals surface area contributed by atoms with Crippen LogP contribution in [0.3, 0.4) is 0 Å². The molecule has 96 valence electrons. The van der Waals surface area contributed by atoms with Gasteiger partial charge >= 0.3 is 6.01 Å². The zero-order chi connectivity index (χ0) is 12.9. The molecule has 1 heterocycles. The van der Waals surface area contributed by atoms with Crippen LogP contribution in [0.1, 0.15) is 26.7 Å². The van der Waals surface area contributed by atoms with E-state index in [2.05, 4.69) is 29.1 Å². The van der Waals surface area contributed by atoms with Gasteiger partial charge in [0, 0.05) is 5.88 Å². The molecular formula is C11H17Cl2N3O. The monoisotopic (exact) mass is 277 g/mol. The molecule has 4 nitrogen and oxygen atoms in total. The lowest BCUT2D eigenvalue weighted by Crippen LogP contribution is -2.39. The number of hydrogen-bond acceptors (Lipinski definition) is 4. The summed E-state index contributed by atoms with van der Waals surface area (Å²) in [5.41, 5.74) is -0.204. The van der Waals surface area contributed by atoms with E-state index in [0.29, 0.717) is 16.7 Å². The van der Waals surface area contributed by atoms with Crippen LogP contribution in [0.25, 0.3) is 0 Å². The van der Waals surface area contributed by atoms with Gasteiger partial charge in [0.15, 0.2) is 5.82 Å². The number of aromatic nitrogens is 2. The number of nitrogens with one attached hydrogen (secondary N) is 1. The van der Waals surface area contributed by atoms with Crippen molar-refractivity contribution in [2.24, 2.45) is 0 Å². The van der Waals surface area contributed by atoms with Crippen LogP contribution in [0.4, 0.5) is 5.82 Å². The fraction of sp³-hybridized carbons (Fsp3) is 0.636. The van der Waals surface area contributed by atoms with Gasteiger partial charge in [-0.25, -0.2) is 4.98 Å². The summed E-state index contributed by atoms with van der Waals surface area (Å²) in [5.74, 6) is 1.05. The Morgan fingerprint density at radius 1 is 1.41 bits per heavy atom. The molecule has 6 heteroatoms. The third-order valence-corrected chi connectivity index (χ3v) is 3.69. The maximum absolute atomic E-state index is 6.04. The summed E-state index contributed by atoms with van der Waals surface area (Å²) in [6.07, 6.45) is 3.28. The molecule has 0 amide bonds. The summed E-state index contributed by atoms with van der Waals surface area (Å²) in [4.78, 5) is 8.11. The molecule has 1 aromatic rings. The molecule has 0 atom stereocenters. The van der Waals surface area contributed by atoms with Crippen molar-refractivity contribution in [1.82, 2.24) is 9.97 Å². The van der Waals surface area contributed by atoms with Crippen LogP contribution in [0.5, 0.6) is 6.01 Å². The Balaban J connectivity index is 2.99. The molecule has 0 unspecified atom stereocenters. The first-order chi connectivity index (χ1) is 8.10. The molecule has 0 aromatic carbocycles. The largest absolute Gasteiger partial charge is 0.467 e. The van der Waals surface area contributed by atoms with Gasteiger partial charge in [0.2, 0.25) is 0 Å². The van der Waals surface area contributed by atoms with Crippen molar-refractivity contribution < 1.29 is 4.74 Å². The molecule has 0 radical (unpaired) electrons. The van der Waals surface area contributed by atoms with Crippen LogP contribution in [-0.2, 0) is 0 Å². The van der Waals surface area contributed by atoms with Gasteiger partial charge in [-0.3, -0.25) is 0 Å². The Hall–Kier alpha value is -0.740. The summed E-state index contributed by atoms with van der Waals surface area (Å²) in [5, 5.41) is 3.75. The Morgan fingerprint density at radius 2 is 2.06 bits per heavy atom. The average molecular weight is 278 g/mol. The molecule has 17 heavy (non-hydrogen) atoms. The van der Waals surface area contributed by atoms with Crippen molar-refractivity contribution >= 4 is 29.0 Å². The fourth-order valence-electron chi connectivity index (χ4n) is 1.44. The summed E-state index contributed by atoms with van der Waals surface area (Å²) in [6, 6.07) is 0.285. The number of nitrogens with zero attached hydrogens (tertiary/aromatic N) is 2.